The molecule has 2 rings (SSSR count). The third-order valence-electron chi connectivity index (χ3n) is 4.12. The van der Waals surface area contributed by atoms with E-state index in [4.69, 9.17) is 5.84 Å². The first-order chi connectivity index (χ1) is 9.58. The van der Waals surface area contributed by atoms with Crippen LogP contribution in [-0.4, -0.2) is 47.6 Å². The molecule has 0 saturated carbocycles. The Labute approximate surface area is 121 Å². The molecule has 1 atom stereocenters. The number of nitrogens with zero attached hydrogens (tertiary/aromatic N) is 4. The highest BCUT2D eigenvalue weighted by Crippen LogP contribution is 2.31. The zero-order valence-corrected chi connectivity index (χ0v) is 12.9. The Morgan fingerprint density at radius 2 is 2.15 bits per heavy atom. The fourth-order valence-corrected chi connectivity index (χ4v) is 2.86. The van der Waals surface area contributed by atoms with E-state index in [1.807, 2.05) is 0 Å². The molecule has 1 aromatic heterocycles. The molecular formula is C14H26N6. The first-order valence-electron chi connectivity index (χ1n) is 7.35. The Kier molecular flexibility index (Phi) is 4.77. The Morgan fingerprint density at radius 3 is 2.75 bits per heavy atom. The number of piperazine rings is 1. The second-order valence-corrected chi connectivity index (χ2v) is 5.75. The Hall–Kier alpha value is -1.40. The van der Waals surface area contributed by atoms with Crippen LogP contribution in [0.4, 0.5) is 11.6 Å². The molecule has 20 heavy (non-hydrogen) atoms. The van der Waals surface area contributed by atoms with Crippen molar-refractivity contribution in [2.45, 2.75) is 39.2 Å². The molecular weight excluding hydrogens is 252 g/mol. The van der Waals surface area contributed by atoms with E-state index in [0.29, 0.717) is 12.0 Å². The fourth-order valence-electron chi connectivity index (χ4n) is 2.86. The maximum atomic E-state index is 5.60. The van der Waals surface area contributed by atoms with Gasteiger partial charge < -0.3 is 10.3 Å². The van der Waals surface area contributed by atoms with Crippen molar-refractivity contribution in [3.63, 3.8) is 0 Å². The lowest BCUT2D eigenvalue weighted by Crippen LogP contribution is -2.51. The maximum absolute atomic E-state index is 5.60. The van der Waals surface area contributed by atoms with E-state index in [1.165, 1.54) is 0 Å². The summed E-state index contributed by atoms with van der Waals surface area (Å²) in [4.78, 5) is 13.6. The van der Waals surface area contributed by atoms with Crippen molar-refractivity contribution in [3.8, 4) is 0 Å². The van der Waals surface area contributed by atoms with Crippen molar-refractivity contribution >= 4 is 11.6 Å². The van der Waals surface area contributed by atoms with Gasteiger partial charge in [0.25, 0.3) is 0 Å². The monoisotopic (exact) mass is 278 g/mol. The second-order valence-electron chi connectivity index (χ2n) is 5.75. The zero-order chi connectivity index (χ0) is 14.7. The summed E-state index contributed by atoms with van der Waals surface area (Å²) in [6, 6.07) is 0.577. The Bertz CT molecular complexity index is 447. The summed E-state index contributed by atoms with van der Waals surface area (Å²) in [6.07, 6.45) is 2.74. The minimum Gasteiger partial charge on any atom is -0.353 e. The van der Waals surface area contributed by atoms with Crippen LogP contribution in [0.3, 0.4) is 0 Å². The highest BCUT2D eigenvalue weighted by atomic mass is 15.3. The van der Waals surface area contributed by atoms with Crippen molar-refractivity contribution in [2.75, 3.05) is 37.0 Å². The Balaban J connectivity index is 2.32. The van der Waals surface area contributed by atoms with Crippen LogP contribution >= 0.6 is 0 Å². The van der Waals surface area contributed by atoms with E-state index in [0.717, 1.165) is 43.3 Å². The molecule has 1 unspecified atom stereocenters. The molecule has 1 fully saturated rings. The third kappa shape index (κ3) is 2.86. The Morgan fingerprint density at radius 1 is 1.40 bits per heavy atom. The van der Waals surface area contributed by atoms with Gasteiger partial charge in [-0.2, -0.15) is 0 Å². The number of hydrogen-bond acceptors (Lipinski definition) is 6. The van der Waals surface area contributed by atoms with Crippen molar-refractivity contribution in [3.05, 3.63) is 11.9 Å². The number of likely N-dealkylation sites (N-methyl/N-ethyl adjacent to an activating group) is 1. The lowest BCUT2D eigenvalue weighted by Gasteiger charge is -2.40. The van der Waals surface area contributed by atoms with Crippen LogP contribution in [0.25, 0.3) is 0 Å². The van der Waals surface area contributed by atoms with Crippen molar-refractivity contribution < 1.29 is 0 Å². The summed E-state index contributed by atoms with van der Waals surface area (Å²) < 4.78 is 0. The second kappa shape index (κ2) is 6.37. The van der Waals surface area contributed by atoms with E-state index in [9.17, 15) is 0 Å². The van der Waals surface area contributed by atoms with Gasteiger partial charge in [-0.15, -0.1) is 0 Å². The summed E-state index contributed by atoms with van der Waals surface area (Å²) in [5.41, 5.74) is 3.81. The first-order valence-corrected chi connectivity index (χ1v) is 7.35. The molecule has 2 heterocycles. The normalized spacial score (nSPS) is 20.5. The van der Waals surface area contributed by atoms with Gasteiger partial charge in [0.2, 0.25) is 0 Å². The zero-order valence-electron chi connectivity index (χ0n) is 12.9. The van der Waals surface area contributed by atoms with Gasteiger partial charge in [-0.25, -0.2) is 15.8 Å². The molecule has 6 heteroatoms. The van der Waals surface area contributed by atoms with E-state index in [1.54, 1.807) is 6.33 Å². The van der Waals surface area contributed by atoms with Gasteiger partial charge in [-0.05, 0) is 19.4 Å². The fraction of sp³-hybridized carbons (Fsp3) is 0.714. The highest BCUT2D eigenvalue weighted by Gasteiger charge is 2.27. The van der Waals surface area contributed by atoms with E-state index in [2.05, 4.69) is 53.0 Å². The van der Waals surface area contributed by atoms with Crippen LogP contribution in [-0.2, 0) is 0 Å². The average Bonchev–Trinajstić information content (AvgIpc) is 2.46. The van der Waals surface area contributed by atoms with Gasteiger partial charge in [0.15, 0.2) is 0 Å². The average molecular weight is 278 g/mol. The van der Waals surface area contributed by atoms with Crippen molar-refractivity contribution in [1.29, 1.82) is 0 Å². The molecule has 1 aliphatic heterocycles. The van der Waals surface area contributed by atoms with Crippen molar-refractivity contribution in [2.24, 2.45) is 5.84 Å². The molecule has 0 amide bonds. The molecule has 1 saturated heterocycles. The lowest BCUT2D eigenvalue weighted by molar-refractivity contribution is 0.212. The predicted molar refractivity (Wildman–Crippen MR) is 82.9 cm³/mol. The van der Waals surface area contributed by atoms with Gasteiger partial charge >= 0.3 is 0 Å². The molecule has 3 N–H and O–H groups in total. The number of hydrogen-bond donors (Lipinski definition) is 2. The van der Waals surface area contributed by atoms with Crippen LogP contribution in [0.5, 0.6) is 0 Å². The molecule has 0 aliphatic carbocycles. The summed E-state index contributed by atoms with van der Waals surface area (Å²) >= 11 is 0. The molecule has 0 radical (unpaired) electrons. The lowest BCUT2D eigenvalue weighted by atomic mass is 10.0. The SMILES string of the molecule is CCC1CN(c2ncnc(NN)c2C(C)C)CCN1C. The van der Waals surface area contributed by atoms with Gasteiger partial charge in [0.05, 0.1) is 0 Å². The molecule has 6 nitrogen and oxygen atoms in total. The van der Waals surface area contributed by atoms with Gasteiger partial charge in [-0.3, -0.25) is 4.90 Å². The summed E-state index contributed by atoms with van der Waals surface area (Å²) in [5, 5.41) is 0. The number of rotatable bonds is 4. The smallest absolute Gasteiger partial charge is 0.148 e. The number of nitrogens with two attached hydrogens (primary N) is 1. The topological polar surface area (TPSA) is 70.3 Å². The first kappa shape index (κ1) is 15.0. The summed E-state index contributed by atoms with van der Waals surface area (Å²) in [7, 11) is 2.20. The van der Waals surface area contributed by atoms with Crippen LogP contribution in [0.2, 0.25) is 0 Å². The van der Waals surface area contributed by atoms with Gasteiger partial charge in [0.1, 0.15) is 18.0 Å². The third-order valence-corrected chi connectivity index (χ3v) is 4.12. The number of anilines is 2. The summed E-state index contributed by atoms with van der Waals surface area (Å²) in [5.74, 6) is 7.68. The molecule has 1 aromatic rings. The number of aromatic nitrogens is 2. The van der Waals surface area contributed by atoms with E-state index < -0.39 is 0 Å². The van der Waals surface area contributed by atoms with Crippen LogP contribution in [0.15, 0.2) is 6.33 Å². The van der Waals surface area contributed by atoms with Gasteiger partial charge in [0, 0.05) is 31.2 Å². The van der Waals surface area contributed by atoms with E-state index >= 15 is 0 Å². The van der Waals surface area contributed by atoms with Crippen LogP contribution in [0.1, 0.15) is 38.7 Å². The van der Waals surface area contributed by atoms with Crippen LogP contribution in [0, 0.1) is 0 Å². The molecule has 0 aromatic carbocycles. The van der Waals surface area contributed by atoms with Crippen LogP contribution < -0.4 is 16.2 Å². The summed E-state index contributed by atoms with van der Waals surface area (Å²) in [6.45, 7) is 9.60. The van der Waals surface area contributed by atoms with Gasteiger partial charge in [-0.1, -0.05) is 20.8 Å². The standard InChI is InChI=1S/C14H26N6/c1-5-11-8-20(7-6-19(11)4)14-12(10(2)3)13(18-15)16-9-17-14/h9-11H,5-8,15H2,1-4H3,(H,16,17,18). The minimum atomic E-state index is 0.331. The van der Waals surface area contributed by atoms with E-state index in [-0.39, 0.29) is 0 Å². The molecule has 0 bridgehead atoms. The molecule has 1 aliphatic rings. The minimum absolute atomic E-state index is 0.331. The molecule has 112 valence electrons. The van der Waals surface area contributed by atoms with Crippen molar-refractivity contribution in [1.82, 2.24) is 14.9 Å². The maximum Gasteiger partial charge on any atom is 0.148 e. The highest BCUT2D eigenvalue weighted by molar-refractivity contribution is 5.60. The number of nitrogen functional groups attached to an aromatic ring is 1. The quantitative estimate of drug-likeness (QED) is 0.641. The largest absolute Gasteiger partial charge is 0.353 e. The number of nitrogens with one attached hydrogen (secondary N) is 1. The molecule has 0 spiro atoms. The predicted octanol–water partition coefficient (Wildman–Crippen LogP) is 1.42. The number of hydrazine groups is 1.